The number of benzene rings is 2. The van der Waals surface area contributed by atoms with Gasteiger partial charge < -0.3 is 9.47 Å². The number of carbonyl (C=O) groups excluding carboxylic acids is 1. The van der Waals surface area contributed by atoms with Crippen LogP contribution >= 0.6 is 35.6 Å². The van der Waals surface area contributed by atoms with Crippen LogP contribution in [0.3, 0.4) is 0 Å². The minimum atomic E-state index is -0.192. The Labute approximate surface area is 160 Å². The lowest BCUT2D eigenvalue weighted by atomic mass is 10.1. The Hall–Kier alpha value is -2.02. The molecule has 1 amide bonds. The van der Waals surface area contributed by atoms with Gasteiger partial charge in [-0.1, -0.05) is 53.8 Å². The predicted octanol–water partition coefficient (Wildman–Crippen LogP) is 4.76. The van der Waals surface area contributed by atoms with Gasteiger partial charge >= 0.3 is 0 Å². The van der Waals surface area contributed by atoms with Crippen LogP contribution in [-0.4, -0.2) is 24.4 Å². The molecule has 0 saturated carbocycles. The molecule has 0 N–H and O–H groups in total. The van der Waals surface area contributed by atoms with Gasteiger partial charge in [-0.05, 0) is 30.3 Å². The van der Waals surface area contributed by atoms with Crippen LogP contribution in [0.25, 0.3) is 6.08 Å². The van der Waals surface area contributed by atoms with E-state index in [1.54, 1.807) is 50.6 Å². The molecule has 0 spiro atoms. The number of nitrogens with zero attached hydrogens (tertiary/aromatic N) is 1. The molecule has 1 aliphatic heterocycles. The summed E-state index contributed by atoms with van der Waals surface area (Å²) < 4.78 is 11.2. The molecule has 4 nitrogen and oxygen atoms in total. The van der Waals surface area contributed by atoms with Crippen molar-refractivity contribution in [3.8, 4) is 11.5 Å². The third-order valence-electron chi connectivity index (χ3n) is 3.58. The Balaban J connectivity index is 1.99. The smallest absolute Gasteiger partial charge is 0.270 e. The first-order valence-electron chi connectivity index (χ1n) is 7.29. The van der Waals surface area contributed by atoms with Crippen LogP contribution in [0.2, 0.25) is 5.02 Å². The van der Waals surface area contributed by atoms with Crippen molar-refractivity contribution in [2.24, 2.45) is 0 Å². The number of hydrogen-bond acceptors (Lipinski definition) is 5. The topological polar surface area (TPSA) is 38.8 Å². The fourth-order valence-corrected chi connectivity index (χ4v) is 3.95. The molecule has 1 saturated heterocycles. The number of amides is 1. The second-order valence-corrected chi connectivity index (χ2v) is 7.19. The van der Waals surface area contributed by atoms with E-state index in [9.17, 15) is 4.79 Å². The van der Waals surface area contributed by atoms with Crippen LogP contribution < -0.4 is 14.4 Å². The van der Waals surface area contributed by atoms with E-state index in [0.29, 0.717) is 31.4 Å². The Morgan fingerprint density at radius 2 is 1.92 bits per heavy atom. The van der Waals surface area contributed by atoms with Crippen LogP contribution in [0.1, 0.15) is 5.56 Å². The highest BCUT2D eigenvalue weighted by molar-refractivity contribution is 8.27. The van der Waals surface area contributed by atoms with Gasteiger partial charge in [-0.3, -0.25) is 9.69 Å². The second kappa shape index (κ2) is 7.47. The van der Waals surface area contributed by atoms with E-state index < -0.39 is 0 Å². The molecule has 1 aliphatic rings. The Morgan fingerprint density at radius 1 is 1.16 bits per heavy atom. The highest BCUT2D eigenvalue weighted by Crippen LogP contribution is 2.39. The van der Waals surface area contributed by atoms with Crippen molar-refractivity contribution in [3.05, 3.63) is 58.0 Å². The molecule has 3 rings (SSSR count). The van der Waals surface area contributed by atoms with Crippen LogP contribution in [0.5, 0.6) is 11.5 Å². The number of thioether (sulfide) groups is 1. The van der Waals surface area contributed by atoms with Gasteiger partial charge in [0.15, 0.2) is 15.8 Å². The molecule has 2 aromatic carbocycles. The van der Waals surface area contributed by atoms with Gasteiger partial charge in [0.1, 0.15) is 0 Å². The Bertz CT molecular complexity index is 882. The zero-order valence-electron chi connectivity index (χ0n) is 13.5. The van der Waals surface area contributed by atoms with Crippen molar-refractivity contribution < 1.29 is 14.3 Å². The first-order chi connectivity index (χ1) is 12.0. The molecule has 1 fully saturated rings. The minimum absolute atomic E-state index is 0.192. The van der Waals surface area contributed by atoms with E-state index in [0.717, 1.165) is 5.56 Å². The highest BCUT2D eigenvalue weighted by atomic mass is 35.5. The van der Waals surface area contributed by atoms with Gasteiger partial charge in [-0.15, -0.1) is 0 Å². The number of para-hydroxylation sites is 1. The van der Waals surface area contributed by atoms with Crippen molar-refractivity contribution >= 4 is 57.6 Å². The number of rotatable bonds is 4. The molecule has 0 atom stereocenters. The summed E-state index contributed by atoms with van der Waals surface area (Å²) in [6.07, 6.45) is 1.76. The number of anilines is 1. The lowest BCUT2D eigenvalue weighted by molar-refractivity contribution is -0.113. The lowest BCUT2D eigenvalue weighted by Gasteiger charge is -2.14. The number of methoxy groups -OCH3 is 2. The fourth-order valence-electron chi connectivity index (χ4n) is 2.47. The molecule has 1 heterocycles. The van der Waals surface area contributed by atoms with E-state index in [4.69, 9.17) is 33.3 Å². The SMILES string of the molecule is COc1cccc(C=C2SC(=S)N(c3cccc(Cl)c3)C2=O)c1OC. The van der Waals surface area contributed by atoms with E-state index in [2.05, 4.69) is 0 Å². The molecular weight excluding hydrogens is 378 g/mol. The summed E-state index contributed by atoms with van der Waals surface area (Å²) in [6.45, 7) is 0. The second-order valence-electron chi connectivity index (χ2n) is 5.08. The average Bonchev–Trinajstić information content (AvgIpc) is 2.88. The first kappa shape index (κ1) is 17.8. The highest BCUT2D eigenvalue weighted by Gasteiger charge is 2.33. The maximum Gasteiger partial charge on any atom is 0.270 e. The Kier molecular flexibility index (Phi) is 5.32. The third kappa shape index (κ3) is 3.51. The molecule has 2 aromatic rings. The zero-order chi connectivity index (χ0) is 18.0. The molecule has 0 unspecified atom stereocenters. The lowest BCUT2D eigenvalue weighted by Crippen LogP contribution is -2.27. The van der Waals surface area contributed by atoms with Crippen molar-refractivity contribution in [1.82, 2.24) is 0 Å². The number of ether oxygens (including phenoxy) is 2. The van der Waals surface area contributed by atoms with Crippen LogP contribution in [-0.2, 0) is 4.79 Å². The third-order valence-corrected chi connectivity index (χ3v) is 5.12. The molecular formula is C18H14ClNO3S2. The molecule has 7 heteroatoms. The first-order valence-corrected chi connectivity index (χ1v) is 8.90. The molecule has 0 bridgehead atoms. The summed E-state index contributed by atoms with van der Waals surface area (Å²) in [5, 5.41) is 0.546. The Morgan fingerprint density at radius 3 is 2.60 bits per heavy atom. The predicted molar refractivity (Wildman–Crippen MR) is 107 cm³/mol. The summed E-state index contributed by atoms with van der Waals surface area (Å²) in [7, 11) is 3.13. The largest absolute Gasteiger partial charge is 0.493 e. The maximum absolute atomic E-state index is 12.8. The van der Waals surface area contributed by atoms with E-state index >= 15 is 0 Å². The standard InChI is InChI=1S/C18H14ClNO3S2/c1-22-14-8-3-5-11(16(14)23-2)9-15-17(21)20(18(24)25-15)13-7-4-6-12(19)10-13/h3-10H,1-2H3. The van der Waals surface area contributed by atoms with Gasteiger partial charge in [0.2, 0.25) is 0 Å². The van der Waals surface area contributed by atoms with E-state index in [1.165, 1.54) is 16.7 Å². The maximum atomic E-state index is 12.8. The van der Waals surface area contributed by atoms with Gasteiger partial charge in [0, 0.05) is 10.6 Å². The summed E-state index contributed by atoms with van der Waals surface area (Å²) in [6, 6.07) is 12.5. The van der Waals surface area contributed by atoms with Crippen molar-refractivity contribution in [3.63, 3.8) is 0 Å². The number of thiocarbonyl (C=S) groups is 1. The fraction of sp³-hybridized carbons (Fsp3) is 0.111. The molecule has 0 aliphatic carbocycles. The number of carbonyl (C=O) groups is 1. The summed E-state index contributed by atoms with van der Waals surface area (Å²) in [5.74, 6) is 0.974. The van der Waals surface area contributed by atoms with E-state index in [-0.39, 0.29) is 5.91 Å². The average molecular weight is 392 g/mol. The van der Waals surface area contributed by atoms with Gasteiger partial charge in [0.25, 0.3) is 5.91 Å². The van der Waals surface area contributed by atoms with Crippen molar-refractivity contribution in [1.29, 1.82) is 0 Å². The summed E-state index contributed by atoms with van der Waals surface area (Å²) in [4.78, 5) is 14.8. The molecule has 128 valence electrons. The number of hydrogen-bond donors (Lipinski definition) is 0. The normalized spacial score (nSPS) is 15.8. The van der Waals surface area contributed by atoms with Gasteiger partial charge in [0.05, 0.1) is 24.8 Å². The van der Waals surface area contributed by atoms with Crippen LogP contribution in [0.15, 0.2) is 47.4 Å². The summed E-state index contributed by atoms with van der Waals surface area (Å²) in [5.41, 5.74) is 1.39. The molecule has 25 heavy (non-hydrogen) atoms. The monoisotopic (exact) mass is 391 g/mol. The van der Waals surface area contributed by atoms with Crippen LogP contribution in [0.4, 0.5) is 5.69 Å². The molecule has 0 radical (unpaired) electrons. The minimum Gasteiger partial charge on any atom is -0.493 e. The zero-order valence-corrected chi connectivity index (χ0v) is 15.9. The van der Waals surface area contributed by atoms with Gasteiger partial charge in [-0.25, -0.2) is 0 Å². The van der Waals surface area contributed by atoms with Crippen molar-refractivity contribution in [2.75, 3.05) is 19.1 Å². The van der Waals surface area contributed by atoms with E-state index in [1.807, 2.05) is 12.1 Å². The molecule has 0 aromatic heterocycles. The van der Waals surface area contributed by atoms with Crippen molar-refractivity contribution in [2.45, 2.75) is 0 Å². The van der Waals surface area contributed by atoms with Gasteiger partial charge in [-0.2, -0.15) is 0 Å². The van der Waals surface area contributed by atoms with Crippen LogP contribution in [0, 0.1) is 0 Å². The quantitative estimate of drug-likeness (QED) is 0.554. The summed E-state index contributed by atoms with van der Waals surface area (Å²) >= 11 is 12.6. The number of halogens is 1.